The summed E-state index contributed by atoms with van der Waals surface area (Å²) in [6, 6.07) is 5.92. The van der Waals surface area contributed by atoms with Gasteiger partial charge in [-0.15, -0.1) is 0 Å². The SMILES string of the molecule is CCN1C(=O)Cn2c1nc1nc(C)n(Cc3cc(F)ccc3C#N)c1c2=O. The van der Waals surface area contributed by atoms with Crippen molar-refractivity contribution in [2.45, 2.75) is 26.9 Å². The maximum Gasteiger partial charge on any atom is 0.281 e. The number of hydrogen-bond donors (Lipinski definition) is 0. The summed E-state index contributed by atoms with van der Waals surface area (Å²) in [6.07, 6.45) is 0. The van der Waals surface area contributed by atoms with Crippen LogP contribution < -0.4 is 10.5 Å². The van der Waals surface area contributed by atoms with Crippen molar-refractivity contribution in [1.82, 2.24) is 19.1 Å². The van der Waals surface area contributed by atoms with E-state index in [0.717, 1.165) is 0 Å². The minimum atomic E-state index is -0.467. The molecule has 9 heteroatoms. The fourth-order valence-corrected chi connectivity index (χ4v) is 3.38. The molecule has 0 fully saturated rings. The quantitative estimate of drug-likeness (QED) is 0.697. The first-order valence-electron chi connectivity index (χ1n) is 8.41. The van der Waals surface area contributed by atoms with Crippen LogP contribution in [0.1, 0.15) is 23.9 Å². The van der Waals surface area contributed by atoms with Gasteiger partial charge < -0.3 is 4.57 Å². The molecule has 0 spiro atoms. The number of nitrogens with zero attached hydrogens (tertiary/aromatic N) is 6. The molecule has 0 bridgehead atoms. The summed E-state index contributed by atoms with van der Waals surface area (Å²) in [5, 5.41) is 9.27. The smallest absolute Gasteiger partial charge is 0.281 e. The molecule has 3 aromatic rings. The van der Waals surface area contributed by atoms with Crippen LogP contribution in [0.2, 0.25) is 0 Å². The molecule has 3 heterocycles. The minimum Gasteiger partial charge on any atom is -0.318 e. The van der Waals surface area contributed by atoms with E-state index in [9.17, 15) is 19.2 Å². The average molecular weight is 366 g/mol. The highest BCUT2D eigenvalue weighted by Gasteiger charge is 2.31. The number of halogens is 1. The Kier molecular flexibility index (Phi) is 3.77. The van der Waals surface area contributed by atoms with Crippen molar-refractivity contribution in [1.29, 1.82) is 5.26 Å². The van der Waals surface area contributed by atoms with Gasteiger partial charge in [0.2, 0.25) is 11.9 Å². The summed E-state index contributed by atoms with van der Waals surface area (Å²) < 4.78 is 16.6. The molecule has 0 aliphatic carbocycles. The van der Waals surface area contributed by atoms with Gasteiger partial charge in [0.05, 0.1) is 18.2 Å². The predicted octanol–water partition coefficient (Wildman–Crippen LogP) is 1.33. The fourth-order valence-electron chi connectivity index (χ4n) is 3.38. The molecule has 0 radical (unpaired) electrons. The second kappa shape index (κ2) is 6.02. The number of likely N-dealkylation sites (N-methyl/N-ethyl adjacent to an activating group) is 1. The number of fused-ring (bicyclic) bond motifs is 2. The number of benzene rings is 1. The van der Waals surface area contributed by atoms with Crippen LogP contribution in [0.3, 0.4) is 0 Å². The Morgan fingerprint density at radius 2 is 2.07 bits per heavy atom. The van der Waals surface area contributed by atoms with Gasteiger partial charge in [0.15, 0.2) is 11.2 Å². The first kappa shape index (κ1) is 16.9. The normalized spacial score (nSPS) is 13.3. The van der Waals surface area contributed by atoms with Crippen molar-refractivity contribution < 1.29 is 9.18 Å². The summed E-state index contributed by atoms with van der Waals surface area (Å²) in [7, 11) is 0. The summed E-state index contributed by atoms with van der Waals surface area (Å²) in [5.41, 5.74) is 0.840. The van der Waals surface area contributed by atoms with Crippen LogP contribution in [0.25, 0.3) is 11.2 Å². The van der Waals surface area contributed by atoms with E-state index in [0.29, 0.717) is 23.5 Å². The Morgan fingerprint density at radius 1 is 1.30 bits per heavy atom. The van der Waals surface area contributed by atoms with Crippen LogP contribution >= 0.6 is 0 Å². The standard InChI is InChI=1S/C18H15FN6O2/c1-3-23-14(26)9-25-17(27)15-16(22-18(23)25)21-10(2)24(15)8-12-6-13(19)5-4-11(12)7-20/h4-6H,3,8-9H2,1-2H3. The first-order valence-corrected chi connectivity index (χ1v) is 8.41. The molecule has 1 aliphatic rings. The highest BCUT2D eigenvalue weighted by atomic mass is 19.1. The summed E-state index contributed by atoms with van der Waals surface area (Å²) in [6.45, 7) is 3.96. The van der Waals surface area contributed by atoms with Crippen molar-refractivity contribution in [3.8, 4) is 6.07 Å². The maximum atomic E-state index is 13.7. The van der Waals surface area contributed by atoms with Gasteiger partial charge in [-0.1, -0.05) is 0 Å². The second-order valence-corrected chi connectivity index (χ2v) is 6.27. The summed E-state index contributed by atoms with van der Waals surface area (Å²) in [4.78, 5) is 35.3. The predicted molar refractivity (Wildman–Crippen MR) is 94.8 cm³/mol. The third-order valence-corrected chi connectivity index (χ3v) is 4.70. The Labute approximate surface area is 153 Å². The maximum absolute atomic E-state index is 13.7. The number of carbonyl (C=O) groups is 1. The number of anilines is 1. The lowest BCUT2D eigenvalue weighted by Gasteiger charge is -2.12. The van der Waals surface area contributed by atoms with Crippen LogP contribution in [-0.2, 0) is 17.9 Å². The van der Waals surface area contributed by atoms with Gasteiger partial charge in [-0.25, -0.2) is 9.37 Å². The van der Waals surface area contributed by atoms with Crippen LogP contribution in [-0.4, -0.2) is 31.6 Å². The fraction of sp³-hybridized carbons (Fsp3) is 0.278. The molecule has 27 heavy (non-hydrogen) atoms. The van der Waals surface area contributed by atoms with Gasteiger partial charge in [-0.2, -0.15) is 10.2 Å². The van der Waals surface area contributed by atoms with Gasteiger partial charge in [-0.3, -0.25) is 19.1 Å². The zero-order chi connectivity index (χ0) is 19.3. The third kappa shape index (κ3) is 2.49. The molecule has 1 aromatic carbocycles. The molecule has 2 aromatic heterocycles. The van der Waals surface area contributed by atoms with Crippen LogP contribution in [0.15, 0.2) is 23.0 Å². The number of hydrogen-bond acceptors (Lipinski definition) is 5. The van der Waals surface area contributed by atoms with E-state index in [1.807, 2.05) is 6.07 Å². The molecular formula is C18H15FN6O2. The zero-order valence-electron chi connectivity index (χ0n) is 14.7. The van der Waals surface area contributed by atoms with Crippen molar-refractivity contribution >= 4 is 23.0 Å². The molecule has 0 unspecified atom stereocenters. The highest BCUT2D eigenvalue weighted by Crippen LogP contribution is 2.22. The Hall–Kier alpha value is -3.54. The molecular weight excluding hydrogens is 351 g/mol. The van der Waals surface area contributed by atoms with E-state index < -0.39 is 5.82 Å². The van der Waals surface area contributed by atoms with E-state index in [2.05, 4.69) is 9.97 Å². The third-order valence-electron chi connectivity index (χ3n) is 4.70. The molecule has 0 saturated carbocycles. The van der Waals surface area contributed by atoms with E-state index in [-0.39, 0.29) is 41.7 Å². The van der Waals surface area contributed by atoms with Gasteiger partial charge in [-0.05, 0) is 37.6 Å². The van der Waals surface area contributed by atoms with Gasteiger partial charge >= 0.3 is 0 Å². The number of aryl methyl sites for hydroxylation is 1. The van der Waals surface area contributed by atoms with Crippen LogP contribution in [0.4, 0.5) is 10.3 Å². The molecule has 1 aliphatic heterocycles. The largest absolute Gasteiger partial charge is 0.318 e. The lowest BCUT2D eigenvalue weighted by Crippen LogP contribution is -2.26. The monoisotopic (exact) mass is 366 g/mol. The molecule has 1 amide bonds. The summed E-state index contributed by atoms with van der Waals surface area (Å²) in [5.74, 6) is 0.135. The van der Waals surface area contributed by atoms with Crippen LogP contribution in [0.5, 0.6) is 0 Å². The molecule has 8 nitrogen and oxygen atoms in total. The highest BCUT2D eigenvalue weighted by molar-refractivity contribution is 5.96. The molecule has 4 rings (SSSR count). The molecule has 136 valence electrons. The van der Waals surface area contributed by atoms with Crippen molar-refractivity contribution in [2.75, 3.05) is 11.4 Å². The Bertz CT molecular complexity index is 1200. The Balaban J connectivity index is 1.92. The molecule has 0 saturated heterocycles. The number of aromatic nitrogens is 4. The van der Waals surface area contributed by atoms with Crippen molar-refractivity contribution in [2.24, 2.45) is 0 Å². The molecule has 0 N–H and O–H groups in total. The first-order chi connectivity index (χ1) is 12.9. The van der Waals surface area contributed by atoms with Gasteiger partial charge in [0, 0.05) is 6.54 Å². The number of nitriles is 1. The topological polar surface area (TPSA) is 96.8 Å². The van der Waals surface area contributed by atoms with Crippen molar-refractivity contribution in [3.05, 3.63) is 51.3 Å². The van der Waals surface area contributed by atoms with Crippen molar-refractivity contribution in [3.63, 3.8) is 0 Å². The van der Waals surface area contributed by atoms with Crippen LogP contribution in [0, 0.1) is 24.1 Å². The average Bonchev–Trinajstić information content (AvgIpc) is 3.12. The van der Waals surface area contributed by atoms with E-state index in [1.165, 1.54) is 27.7 Å². The number of imidazole rings is 1. The minimum absolute atomic E-state index is 0.0708. The number of amides is 1. The second-order valence-electron chi connectivity index (χ2n) is 6.27. The van der Waals surface area contributed by atoms with Gasteiger partial charge in [0.25, 0.3) is 5.56 Å². The van der Waals surface area contributed by atoms with Gasteiger partial charge in [0.1, 0.15) is 18.2 Å². The lowest BCUT2D eigenvalue weighted by molar-refractivity contribution is -0.118. The Morgan fingerprint density at radius 3 is 2.78 bits per heavy atom. The lowest BCUT2D eigenvalue weighted by atomic mass is 10.1. The summed E-state index contributed by atoms with van der Waals surface area (Å²) >= 11 is 0. The van der Waals surface area contributed by atoms with E-state index >= 15 is 0 Å². The zero-order valence-corrected chi connectivity index (χ0v) is 14.7. The van der Waals surface area contributed by atoms with E-state index in [1.54, 1.807) is 18.4 Å². The van der Waals surface area contributed by atoms with E-state index in [4.69, 9.17) is 0 Å². The molecule has 0 atom stereocenters. The number of carbonyl (C=O) groups excluding carboxylic acids is 1. The number of rotatable bonds is 3.